The Kier molecular flexibility index (Phi) is 3.47. The van der Waals surface area contributed by atoms with Crippen LogP contribution in [-0.2, 0) is 6.54 Å². The largest absolute Gasteiger partial charge is 0.399 e. The topological polar surface area (TPSA) is 38.0 Å². The van der Waals surface area contributed by atoms with E-state index in [9.17, 15) is 0 Å². The van der Waals surface area contributed by atoms with Crippen LogP contribution in [0.5, 0.6) is 0 Å². The summed E-state index contributed by atoms with van der Waals surface area (Å²) in [4.78, 5) is 0. The summed E-state index contributed by atoms with van der Waals surface area (Å²) >= 11 is 3.52. The Morgan fingerprint density at radius 1 is 1.00 bits per heavy atom. The summed E-state index contributed by atoms with van der Waals surface area (Å²) in [5.41, 5.74) is 8.72. The standard InChI is InChI=1S/C13H13BrN2/c14-13-4-2-1-3-10(13)9-16-12-7-5-11(15)6-8-12/h1-8,16H,9,15H2. The number of nitrogen functional groups attached to an aromatic ring is 1. The maximum atomic E-state index is 5.62. The third-order valence-corrected chi connectivity index (χ3v) is 3.13. The Morgan fingerprint density at radius 3 is 2.38 bits per heavy atom. The lowest BCUT2D eigenvalue weighted by molar-refractivity contribution is 1.14. The highest BCUT2D eigenvalue weighted by Crippen LogP contribution is 2.18. The summed E-state index contributed by atoms with van der Waals surface area (Å²) in [6, 6.07) is 15.9. The van der Waals surface area contributed by atoms with Crippen LogP contribution in [0.4, 0.5) is 11.4 Å². The van der Waals surface area contributed by atoms with Crippen molar-refractivity contribution >= 4 is 27.3 Å². The first kappa shape index (κ1) is 11.0. The summed E-state index contributed by atoms with van der Waals surface area (Å²) in [6.07, 6.45) is 0. The zero-order chi connectivity index (χ0) is 11.4. The first-order chi connectivity index (χ1) is 7.75. The van der Waals surface area contributed by atoms with Gasteiger partial charge in [-0.2, -0.15) is 0 Å². The molecule has 3 N–H and O–H groups in total. The Bertz CT molecular complexity index is 466. The Balaban J connectivity index is 2.02. The quantitative estimate of drug-likeness (QED) is 0.840. The minimum atomic E-state index is 0.784. The normalized spacial score (nSPS) is 10.1. The fraction of sp³-hybridized carbons (Fsp3) is 0.0769. The highest BCUT2D eigenvalue weighted by molar-refractivity contribution is 9.10. The van der Waals surface area contributed by atoms with Crippen LogP contribution < -0.4 is 11.1 Å². The van der Waals surface area contributed by atoms with E-state index in [-0.39, 0.29) is 0 Å². The number of halogens is 1. The van der Waals surface area contributed by atoms with E-state index in [1.165, 1.54) is 5.56 Å². The molecule has 0 spiro atoms. The van der Waals surface area contributed by atoms with Gasteiger partial charge in [-0.05, 0) is 35.9 Å². The molecule has 0 radical (unpaired) electrons. The molecule has 0 aliphatic rings. The van der Waals surface area contributed by atoms with Crippen LogP contribution in [0.15, 0.2) is 53.0 Å². The van der Waals surface area contributed by atoms with E-state index >= 15 is 0 Å². The van der Waals surface area contributed by atoms with Gasteiger partial charge in [0.2, 0.25) is 0 Å². The molecule has 0 saturated heterocycles. The number of nitrogens with two attached hydrogens (primary N) is 1. The van der Waals surface area contributed by atoms with E-state index in [1.807, 2.05) is 42.5 Å². The lowest BCUT2D eigenvalue weighted by Gasteiger charge is -2.08. The third kappa shape index (κ3) is 2.76. The molecule has 16 heavy (non-hydrogen) atoms. The van der Waals surface area contributed by atoms with Crippen LogP contribution in [0.3, 0.4) is 0 Å². The average molecular weight is 277 g/mol. The number of anilines is 2. The first-order valence-electron chi connectivity index (χ1n) is 5.08. The maximum Gasteiger partial charge on any atom is 0.0411 e. The predicted molar refractivity (Wildman–Crippen MR) is 72.3 cm³/mol. The molecule has 0 atom stereocenters. The zero-order valence-corrected chi connectivity index (χ0v) is 10.4. The van der Waals surface area contributed by atoms with Gasteiger partial charge in [0.25, 0.3) is 0 Å². The van der Waals surface area contributed by atoms with Gasteiger partial charge in [0.05, 0.1) is 0 Å². The molecule has 2 nitrogen and oxygen atoms in total. The van der Waals surface area contributed by atoms with Gasteiger partial charge in [0, 0.05) is 22.4 Å². The second-order valence-electron chi connectivity index (χ2n) is 3.57. The van der Waals surface area contributed by atoms with Gasteiger partial charge in [-0.3, -0.25) is 0 Å². The zero-order valence-electron chi connectivity index (χ0n) is 8.78. The predicted octanol–water partition coefficient (Wildman–Crippen LogP) is 3.64. The van der Waals surface area contributed by atoms with Crippen LogP contribution in [0, 0.1) is 0 Å². The SMILES string of the molecule is Nc1ccc(NCc2ccccc2Br)cc1. The average Bonchev–Trinajstić information content (AvgIpc) is 2.30. The van der Waals surface area contributed by atoms with Gasteiger partial charge in [0.1, 0.15) is 0 Å². The molecule has 2 aromatic carbocycles. The van der Waals surface area contributed by atoms with E-state index in [4.69, 9.17) is 5.73 Å². The van der Waals surface area contributed by atoms with Crippen LogP contribution in [-0.4, -0.2) is 0 Å². The number of nitrogens with one attached hydrogen (secondary N) is 1. The fourth-order valence-corrected chi connectivity index (χ4v) is 1.86. The lowest BCUT2D eigenvalue weighted by Crippen LogP contribution is -2.00. The van der Waals surface area contributed by atoms with Crippen LogP contribution in [0.2, 0.25) is 0 Å². The van der Waals surface area contributed by atoms with Crippen LogP contribution >= 0.6 is 15.9 Å². The molecule has 0 fully saturated rings. The summed E-state index contributed by atoms with van der Waals surface area (Å²) < 4.78 is 1.12. The van der Waals surface area contributed by atoms with Crippen molar-refractivity contribution in [2.75, 3.05) is 11.1 Å². The molecule has 0 bridgehead atoms. The molecule has 2 aromatic rings. The molecule has 82 valence electrons. The first-order valence-corrected chi connectivity index (χ1v) is 5.88. The highest BCUT2D eigenvalue weighted by Gasteiger charge is 1.97. The van der Waals surface area contributed by atoms with Gasteiger partial charge in [-0.1, -0.05) is 34.1 Å². The van der Waals surface area contributed by atoms with Crippen molar-refractivity contribution in [2.24, 2.45) is 0 Å². The second kappa shape index (κ2) is 5.03. The molecule has 2 rings (SSSR count). The van der Waals surface area contributed by atoms with Crippen molar-refractivity contribution in [1.82, 2.24) is 0 Å². The van der Waals surface area contributed by atoms with Crippen molar-refractivity contribution in [3.8, 4) is 0 Å². The summed E-state index contributed by atoms with van der Waals surface area (Å²) in [5, 5.41) is 3.34. The molecule has 0 amide bonds. The Hall–Kier alpha value is -1.48. The minimum Gasteiger partial charge on any atom is -0.399 e. The second-order valence-corrected chi connectivity index (χ2v) is 4.42. The molecular weight excluding hydrogens is 264 g/mol. The summed E-state index contributed by atoms with van der Waals surface area (Å²) in [5.74, 6) is 0. The van der Waals surface area contributed by atoms with E-state index in [2.05, 4.69) is 27.3 Å². The van der Waals surface area contributed by atoms with Crippen molar-refractivity contribution in [2.45, 2.75) is 6.54 Å². The molecule has 0 aromatic heterocycles. The number of rotatable bonds is 3. The fourth-order valence-electron chi connectivity index (χ4n) is 1.44. The summed E-state index contributed by atoms with van der Waals surface area (Å²) in [7, 11) is 0. The molecule has 3 heteroatoms. The van der Waals surface area contributed by atoms with E-state index < -0.39 is 0 Å². The van der Waals surface area contributed by atoms with E-state index in [0.29, 0.717) is 0 Å². The molecule has 0 heterocycles. The van der Waals surface area contributed by atoms with Crippen LogP contribution in [0.1, 0.15) is 5.56 Å². The van der Waals surface area contributed by atoms with E-state index in [0.717, 1.165) is 22.4 Å². The lowest BCUT2D eigenvalue weighted by atomic mass is 10.2. The van der Waals surface area contributed by atoms with Gasteiger partial charge < -0.3 is 11.1 Å². The van der Waals surface area contributed by atoms with Gasteiger partial charge >= 0.3 is 0 Å². The van der Waals surface area contributed by atoms with Crippen molar-refractivity contribution in [3.05, 3.63) is 58.6 Å². The number of hydrogen-bond donors (Lipinski definition) is 2. The van der Waals surface area contributed by atoms with Gasteiger partial charge in [-0.25, -0.2) is 0 Å². The summed E-state index contributed by atoms with van der Waals surface area (Å²) in [6.45, 7) is 0.797. The molecule has 0 aliphatic heterocycles. The number of hydrogen-bond acceptors (Lipinski definition) is 2. The third-order valence-electron chi connectivity index (χ3n) is 2.35. The maximum absolute atomic E-state index is 5.62. The van der Waals surface area contributed by atoms with Crippen LogP contribution in [0.25, 0.3) is 0 Å². The monoisotopic (exact) mass is 276 g/mol. The van der Waals surface area contributed by atoms with Crippen molar-refractivity contribution < 1.29 is 0 Å². The smallest absolute Gasteiger partial charge is 0.0411 e. The molecular formula is C13H13BrN2. The minimum absolute atomic E-state index is 0.784. The molecule has 0 saturated carbocycles. The van der Waals surface area contributed by atoms with Crippen molar-refractivity contribution in [1.29, 1.82) is 0 Å². The number of benzene rings is 2. The molecule has 0 unspecified atom stereocenters. The Labute approximate surface area is 104 Å². The van der Waals surface area contributed by atoms with E-state index in [1.54, 1.807) is 0 Å². The molecule has 0 aliphatic carbocycles. The highest BCUT2D eigenvalue weighted by atomic mass is 79.9. The van der Waals surface area contributed by atoms with Gasteiger partial charge in [-0.15, -0.1) is 0 Å². The van der Waals surface area contributed by atoms with Crippen molar-refractivity contribution in [3.63, 3.8) is 0 Å². The Morgan fingerprint density at radius 2 is 1.69 bits per heavy atom. The van der Waals surface area contributed by atoms with Gasteiger partial charge in [0.15, 0.2) is 0 Å².